The summed E-state index contributed by atoms with van der Waals surface area (Å²) in [5, 5.41) is 3.65. The maximum atomic E-state index is 14.0. The molecule has 3 aromatic rings. The summed E-state index contributed by atoms with van der Waals surface area (Å²) in [6.07, 6.45) is 5.91. The predicted octanol–water partition coefficient (Wildman–Crippen LogP) is 7.85. The maximum Gasteiger partial charge on any atom is 0.484 e. The number of carbonyl (C=O) groups excluding carboxylic acids is 2. The minimum atomic E-state index is -5.30. The largest absolute Gasteiger partial charge is 0.484 e. The van der Waals surface area contributed by atoms with E-state index in [0.717, 1.165) is 43.1 Å². The normalized spacial score (nSPS) is 18.4. The second kappa shape index (κ2) is 22.7. The van der Waals surface area contributed by atoms with Gasteiger partial charge in [0.05, 0.1) is 32.0 Å². The standard InChI is InChI=1S/C37H49N5O14P2/c1-4-6-8-9-10-12-35(44)54-30-19-15-28(16-20-30)24-52-58(49,51-23-27-13-17-29(18-14-27)53-34(43)11-7-5-2)56-57(47,48)50-25-32-31(40-41-38)21-33(55-32)42-22-26(3)36(45)39-37(42)46/h13-20,22,31-33H,4-12,21,23-25H2,1-3H3,(H,47,48)(H,39,45,46)/t31?,32-,33-,58?/m1/s1. The number of rotatable bonds is 24. The molecule has 0 radical (unpaired) electrons. The van der Waals surface area contributed by atoms with E-state index in [-0.39, 0.29) is 42.3 Å². The molecule has 316 valence electrons. The molecule has 0 amide bonds. The summed E-state index contributed by atoms with van der Waals surface area (Å²) < 4.78 is 66.0. The van der Waals surface area contributed by atoms with E-state index in [4.69, 9.17) is 37.6 Å². The fourth-order valence-electron chi connectivity index (χ4n) is 5.60. The van der Waals surface area contributed by atoms with Crippen LogP contribution in [0, 0.1) is 6.92 Å². The van der Waals surface area contributed by atoms with E-state index in [1.807, 2.05) is 6.92 Å². The number of phosphoric acid groups is 2. The van der Waals surface area contributed by atoms with Crippen LogP contribution >= 0.6 is 15.6 Å². The first-order valence-electron chi connectivity index (χ1n) is 18.9. The molecule has 4 rings (SSSR count). The van der Waals surface area contributed by atoms with Crippen LogP contribution in [0.15, 0.2) is 69.4 Å². The van der Waals surface area contributed by atoms with E-state index in [1.54, 1.807) is 0 Å². The van der Waals surface area contributed by atoms with Gasteiger partial charge in [-0.3, -0.25) is 37.5 Å². The van der Waals surface area contributed by atoms with Crippen LogP contribution in [0.4, 0.5) is 0 Å². The number of ether oxygens (including phenoxy) is 3. The molecule has 0 aliphatic carbocycles. The van der Waals surface area contributed by atoms with Crippen LogP contribution in [0.1, 0.15) is 101 Å². The molecule has 0 spiro atoms. The summed E-state index contributed by atoms with van der Waals surface area (Å²) in [7, 11) is -10.3. The number of nitrogens with zero attached hydrogens (tertiary/aromatic N) is 4. The fraction of sp³-hybridized carbons (Fsp3) is 0.514. The molecule has 2 heterocycles. The number of nitrogens with one attached hydrogen (secondary N) is 1. The number of aromatic nitrogens is 2. The Balaban J connectivity index is 1.43. The van der Waals surface area contributed by atoms with Crippen molar-refractivity contribution in [3.05, 3.63) is 103 Å². The van der Waals surface area contributed by atoms with E-state index in [1.165, 1.54) is 61.7 Å². The third-order valence-corrected chi connectivity index (χ3v) is 11.8. The van der Waals surface area contributed by atoms with Gasteiger partial charge in [0, 0.05) is 35.9 Å². The molecule has 1 aromatic heterocycles. The highest BCUT2D eigenvalue weighted by Gasteiger charge is 2.42. The summed E-state index contributed by atoms with van der Waals surface area (Å²) in [6.45, 7) is 3.90. The Morgan fingerprint density at radius 3 is 1.98 bits per heavy atom. The van der Waals surface area contributed by atoms with Gasteiger partial charge < -0.3 is 19.1 Å². The van der Waals surface area contributed by atoms with Gasteiger partial charge in [-0.1, -0.05) is 75.3 Å². The highest BCUT2D eigenvalue weighted by atomic mass is 31.3. The lowest BCUT2D eigenvalue weighted by Crippen LogP contribution is -2.33. The number of unbranched alkanes of at least 4 members (excludes halogenated alkanes) is 5. The van der Waals surface area contributed by atoms with Gasteiger partial charge in [-0.15, -0.1) is 0 Å². The molecule has 2 aromatic carbocycles. The lowest BCUT2D eigenvalue weighted by molar-refractivity contribution is -0.135. The Hall–Kier alpha value is -4.41. The van der Waals surface area contributed by atoms with E-state index in [0.29, 0.717) is 17.5 Å². The Morgan fingerprint density at radius 1 is 0.879 bits per heavy atom. The van der Waals surface area contributed by atoms with Gasteiger partial charge in [-0.2, -0.15) is 4.31 Å². The third kappa shape index (κ3) is 15.1. The molecule has 19 nitrogen and oxygen atoms in total. The van der Waals surface area contributed by atoms with Gasteiger partial charge in [0.25, 0.3) is 5.56 Å². The van der Waals surface area contributed by atoms with Gasteiger partial charge >= 0.3 is 33.3 Å². The summed E-state index contributed by atoms with van der Waals surface area (Å²) in [4.78, 5) is 64.3. The zero-order valence-electron chi connectivity index (χ0n) is 32.6. The Bertz CT molecular complexity index is 2090. The van der Waals surface area contributed by atoms with Crippen LogP contribution in [-0.4, -0.2) is 45.1 Å². The number of hydrogen-bond donors (Lipinski definition) is 2. The summed E-state index contributed by atoms with van der Waals surface area (Å²) in [5.41, 5.74) is 8.75. The number of phosphoric ester groups is 2. The van der Waals surface area contributed by atoms with Crippen LogP contribution in [-0.2, 0) is 54.6 Å². The monoisotopic (exact) mass is 849 g/mol. The Labute approximate surface area is 334 Å². The fourth-order valence-corrected chi connectivity index (χ4v) is 8.20. The van der Waals surface area contributed by atoms with Crippen molar-refractivity contribution >= 4 is 27.6 Å². The molecule has 0 bridgehead atoms. The number of aromatic amines is 1. The second-order valence-corrected chi connectivity index (χ2v) is 16.7. The molecule has 1 saturated heterocycles. The first kappa shape index (κ1) is 46.3. The lowest BCUT2D eigenvalue weighted by Gasteiger charge is -2.22. The van der Waals surface area contributed by atoms with Gasteiger partial charge in [-0.25, -0.2) is 13.9 Å². The molecule has 3 unspecified atom stereocenters. The average molecular weight is 850 g/mol. The number of hydrogen-bond acceptors (Lipinski definition) is 14. The molecule has 58 heavy (non-hydrogen) atoms. The second-order valence-electron chi connectivity index (χ2n) is 13.5. The molecule has 1 fully saturated rings. The minimum Gasteiger partial charge on any atom is -0.427 e. The Morgan fingerprint density at radius 2 is 1.43 bits per heavy atom. The quantitative estimate of drug-likeness (QED) is 0.0166. The van der Waals surface area contributed by atoms with E-state index in [2.05, 4.69) is 21.9 Å². The minimum absolute atomic E-state index is 0.0570. The lowest BCUT2D eigenvalue weighted by atomic mass is 10.1. The van der Waals surface area contributed by atoms with E-state index < -0.39 is 71.1 Å². The number of azide groups is 1. The van der Waals surface area contributed by atoms with Crippen LogP contribution < -0.4 is 20.7 Å². The van der Waals surface area contributed by atoms with Crippen molar-refractivity contribution in [2.45, 2.75) is 117 Å². The summed E-state index contributed by atoms with van der Waals surface area (Å²) in [6, 6.07) is 11.1. The van der Waals surface area contributed by atoms with E-state index in [9.17, 15) is 33.2 Å². The predicted molar refractivity (Wildman–Crippen MR) is 209 cm³/mol. The number of H-pyrrole nitrogens is 1. The van der Waals surface area contributed by atoms with E-state index >= 15 is 0 Å². The molecular formula is C37H49N5O14P2. The van der Waals surface area contributed by atoms with Crippen LogP contribution in [0.25, 0.3) is 10.4 Å². The van der Waals surface area contributed by atoms with Gasteiger partial charge in [0.1, 0.15) is 17.7 Å². The van der Waals surface area contributed by atoms with Gasteiger partial charge in [-0.05, 0) is 60.7 Å². The topological polar surface area (TPSA) is 257 Å². The van der Waals surface area contributed by atoms with Crippen molar-refractivity contribution in [3.8, 4) is 11.5 Å². The van der Waals surface area contributed by atoms with Gasteiger partial charge in [0.15, 0.2) is 0 Å². The smallest absolute Gasteiger partial charge is 0.427 e. The third-order valence-electron chi connectivity index (χ3n) is 8.77. The van der Waals surface area contributed by atoms with Crippen molar-refractivity contribution < 1.29 is 55.7 Å². The molecule has 5 atom stereocenters. The summed E-state index contributed by atoms with van der Waals surface area (Å²) in [5.74, 6) is -0.227. The Kier molecular flexibility index (Phi) is 18.1. The molecule has 2 N–H and O–H groups in total. The highest BCUT2D eigenvalue weighted by molar-refractivity contribution is 7.61. The van der Waals surface area contributed by atoms with Gasteiger partial charge in [0.2, 0.25) is 0 Å². The summed E-state index contributed by atoms with van der Waals surface area (Å²) >= 11 is 0. The SMILES string of the molecule is CCCCCCCC(=O)Oc1ccc(COP(=O)(OCc2ccc(OC(=O)CCCC)cc2)OP(=O)(O)OC[C@H]2O[C@@H](n3cc(C)c(=O)[nH]c3=O)CC2N=[N+]=[N-])cc1. The average Bonchev–Trinajstić information content (AvgIpc) is 3.59. The number of carbonyl (C=O) groups is 2. The number of benzene rings is 2. The zero-order chi connectivity index (χ0) is 42.1. The number of aryl methyl sites for hydroxylation is 1. The van der Waals surface area contributed by atoms with Crippen LogP contribution in [0.5, 0.6) is 11.5 Å². The van der Waals surface area contributed by atoms with Crippen molar-refractivity contribution in [3.63, 3.8) is 0 Å². The van der Waals surface area contributed by atoms with Crippen molar-refractivity contribution in [2.75, 3.05) is 6.61 Å². The molecule has 1 aliphatic rings. The number of esters is 2. The molecule has 0 saturated carbocycles. The first-order valence-corrected chi connectivity index (χ1v) is 21.9. The highest BCUT2D eigenvalue weighted by Crippen LogP contribution is 2.64. The first-order chi connectivity index (χ1) is 27.7. The van der Waals surface area contributed by atoms with Crippen molar-refractivity contribution in [2.24, 2.45) is 5.11 Å². The van der Waals surface area contributed by atoms with Crippen LogP contribution in [0.3, 0.4) is 0 Å². The zero-order valence-corrected chi connectivity index (χ0v) is 34.3. The van der Waals surface area contributed by atoms with Crippen molar-refractivity contribution in [1.82, 2.24) is 9.55 Å². The molecule has 21 heteroatoms. The van der Waals surface area contributed by atoms with Crippen LogP contribution in [0.2, 0.25) is 0 Å². The molecular weight excluding hydrogens is 800 g/mol. The molecule has 1 aliphatic heterocycles. The maximum absolute atomic E-state index is 14.0. The van der Waals surface area contributed by atoms with Crippen molar-refractivity contribution in [1.29, 1.82) is 0 Å².